The van der Waals surface area contributed by atoms with Gasteiger partial charge in [0, 0.05) is 13.1 Å². The van der Waals surface area contributed by atoms with Crippen LogP contribution in [0, 0.1) is 5.92 Å². The predicted octanol–water partition coefficient (Wildman–Crippen LogP) is 0.774. The molecule has 8 heteroatoms. The normalized spacial score (nSPS) is 12.3. The molecule has 0 saturated carbocycles. The summed E-state index contributed by atoms with van der Waals surface area (Å²) in [4.78, 5) is 10.9. The van der Waals surface area contributed by atoms with Crippen molar-refractivity contribution in [2.24, 2.45) is 5.92 Å². The molecule has 2 N–H and O–H groups in total. The van der Waals surface area contributed by atoms with Crippen LogP contribution in [-0.2, 0) is 10.0 Å². The number of aromatic nitrogens is 2. The van der Waals surface area contributed by atoms with Gasteiger partial charge in [-0.3, -0.25) is 5.10 Å². The lowest BCUT2D eigenvalue weighted by Crippen LogP contribution is -2.35. The Bertz CT molecular complexity index is 521. The van der Waals surface area contributed by atoms with Crippen LogP contribution in [0.25, 0.3) is 0 Å². The number of rotatable bonds is 6. The van der Waals surface area contributed by atoms with Crippen molar-refractivity contribution in [2.45, 2.75) is 25.8 Å². The van der Waals surface area contributed by atoms with E-state index in [1.54, 1.807) is 6.92 Å². The van der Waals surface area contributed by atoms with Crippen molar-refractivity contribution in [1.82, 2.24) is 14.5 Å². The Labute approximate surface area is 106 Å². The largest absolute Gasteiger partial charge is 0.478 e. The van der Waals surface area contributed by atoms with Gasteiger partial charge in [0.05, 0.1) is 6.20 Å². The lowest BCUT2D eigenvalue weighted by atomic mass is 10.2. The Morgan fingerprint density at radius 2 is 2.17 bits per heavy atom. The van der Waals surface area contributed by atoms with Crippen LogP contribution in [0.2, 0.25) is 0 Å². The molecule has 0 amide bonds. The molecule has 0 aliphatic carbocycles. The van der Waals surface area contributed by atoms with Crippen LogP contribution in [-0.4, -0.2) is 47.1 Å². The van der Waals surface area contributed by atoms with Crippen LogP contribution >= 0.6 is 0 Å². The van der Waals surface area contributed by atoms with E-state index < -0.39 is 16.0 Å². The maximum Gasteiger partial charge on any atom is 0.340 e. The van der Waals surface area contributed by atoms with Gasteiger partial charge in [-0.15, -0.1) is 0 Å². The van der Waals surface area contributed by atoms with E-state index in [2.05, 4.69) is 10.2 Å². The number of carbonyl (C=O) groups is 1. The van der Waals surface area contributed by atoms with E-state index in [4.69, 9.17) is 5.11 Å². The maximum absolute atomic E-state index is 12.3. The quantitative estimate of drug-likeness (QED) is 0.798. The summed E-state index contributed by atoms with van der Waals surface area (Å²) in [6.45, 7) is 6.10. The van der Waals surface area contributed by atoms with Crippen molar-refractivity contribution >= 4 is 16.0 Å². The topological polar surface area (TPSA) is 103 Å². The van der Waals surface area contributed by atoms with Gasteiger partial charge in [0.25, 0.3) is 10.0 Å². The highest BCUT2D eigenvalue weighted by molar-refractivity contribution is 7.89. The van der Waals surface area contributed by atoms with E-state index >= 15 is 0 Å². The zero-order valence-electron chi connectivity index (χ0n) is 10.5. The van der Waals surface area contributed by atoms with Crippen molar-refractivity contribution in [3.05, 3.63) is 11.8 Å². The third-order valence-corrected chi connectivity index (χ3v) is 4.27. The zero-order valence-corrected chi connectivity index (χ0v) is 11.4. The monoisotopic (exact) mass is 275 g/mol. The SMILES string of the molecule is CCN(CC(C)C)S(=O)(=O)c1[nH]ncc1C(=O)O. The smallest absolute Gasteiger partial charge is 0.340 e. The number of H-pyrrole nitrogens is 1. The molecule has 0 aliphatic heterocycles. The molecule has 1 rings (SSSR count). The molecular weight excluding hydrogens is 258 g/mol. The van der Waals surface area contributed by atoms with Gasteiger partial charge in [0.1, 0.15) is 5.56 Å². The Morgan fingerprint density at radius 1 is 1.56 bits per heavy atom. The van der Waals surface area contributed by atoms with Gasteiger partial charge in [-0.2, -0.15) is 9.40 Å². The highest BCUT2D eigenvalue weighted by Gasteiger charge is 2.30. The van der Waals surface area contributed by atoms with Gasteiger partial charge >= 0.3 is 5.97 Å². The molecule has 0 unspecified atom stereocenters. The molecule has 102 valence electrons. The summed E-state index contributed by atoms with van der Waals surface area (Å²) in [6, 6.07) is 0. The van der Waals surface area contributed by atoms with Crippen LogP contribution in [0.1, 0.15) is 31.1 Å². The second kappa shape index (κ2) is 5.49. The molecule has 0 fully saturated rings. The van der Waals surface area contributed by atoms with Gasteiger partial charge in [-0.05, 0) is 5.92 Å². The van der Waals surface area contributed by atoms with Crippen molar-refractivity contribution in [3.8, 4) is 0 Å². The highest BCUT2D eigenvalue weighted by Crippen LogP contribution is 2.18. The van der Waals surface area contributed by atoms with Crippen molar-refractivity contribution in [3.63, 3.8) is 0 Å². The van der Waals surface area contributed by atoms with E-state index in [0.717, 1.165) is 6.20 Å². The van der Waals surface area contributed by atoms with Crippen LogP contribution in [0.5, 0.6) is 0 Å². The Kier molecular flexibility index (Phi) is 4.47. The van der Waals surface area contributed by atoms with Crippen molar-refractivity contribution in [1.29, 1.82) is 0 Å². The number of hydrogen-bond acceptors (Lipinski definition) is 4. The molecule has 7 nitrogen and oxygen atoms in total. The summed E-state index contributed by atoms with van der Waals surface area (Å²) < 4.78 is 25.8. The lowest BCUT2D eigenvalue weighted by molar-refractivity contribution is 0.0692. The highest BCUT2D eigenvalue weighted by atomic mass is 32.2. The summed E-state index contributed by atoms with van der Waals surface area (Å²) in [5.74, 6) is -1.17. The van der Waals surface area contributed by atoms with Crippen molar-refractivity contribution < 1.29 is 18.3 Å². The summed E-state index contributed by atoms with van der Waals surface area (Å²) in [7, 11) is -3.84. The molecule has 0 aromatic carbocycles. The number of nitrogens with one attached hydrogen (secondary N) is 1. The molecule has 0 aliphatic rings. The van der Waals surface area contributed by atoms with E-state index in [-0.39, 0.29) is 23.1 Å². The number of aromatic carboxylic acids is 1. The van der Waals surface area contributed by atoms with Crippen molar-refractivity contribution in [2.75, 3.05) is 13.1 Å². The third kappa shape index (κ3) is 2.88. The standard InChI is InChI=1S/C10H17N3O4S/c1-4-13(6-7(2)3)18(16,17)9-8(10(14)15)5-11-12-9/h5,7H,4,6H2,1-3H3,(H,11,12)(H,14,15). The molecule has 1 heterocycles. The molecule has 0 bridgehead atoms. The Hall–Kier alpha value is -1.41. The lowest BCUT2D eigenvalue weighted by Gasteiger charge is -2.21. The van der Waals surface area contributed by atoms with Crippen LogP contribution in [0.15, 0.2) is 11.2 Å². The Balaban J connectivity index is 3.19. The molecule has 0 saturated heterocycles. The summed E-state index contributed by atoms with van der Waals surface area (Å²) in [5, 5.41) is 14.3. The zero-order chi connectivity index (χ0) is 13.9. The second-order valence-electron chi connectivity index (χ2n) is 4.27. The van der Waals surface area contributed by atoms with E-state index in [1.165, 1.54) is 4.31 Å². The van der Waals surface area contributed by atoms with Gasteiger partial charge < -0.3 is 5.11 Å². The van der Waals surface area contributed by atoms with Crippen LogP contribution in [0.4, 0.5) is 0 Å². The number of carboxylic acids is 1. The predicted molar refractivity (Wildman–Crippen MR) is 64.8 cm³/mol. The number of nitrogens with zero attached hydrogens (tertiary/aromatic N) is 2. The maximum atomic E-state index is 12.3. The molecule has 0 spiro atoms. The van der Waals surface area contributed by atoms with E-state index in [9.17, 15) is 13.2 Å². The third-order valence-electron chi connectivity index (χ3n) is 2.35. The molecule has 1 aromatic heterocycles. The summed E-state index contributed by atoms with van der Waals surface area (Å²) in [5.41, 5.74) is -0.336. The molecule has 0 atom stereocenters. The van der Waals surface area contributed by atoms with Crippen LogP contribution < -0.4 is 0 Å². The summed E-state index contributed by atoms with van der Waals surface area (Å²) in [6.07, 6.45) is 0.998. The van der Waals surface area contributed by atoms with Gasteiger partial charge in [0.2, 0.25) is 0 Å². The fourth-order valence-corrected chi connectivity index (χ4v) is 3.24. The number of sulfonamides is 1. The first-order chi connectivity index (χ1) is 8.30. The first-order valence-corrected chi connectivity index (χ1v) is 7.01. The molecule has 1 aromatic rings. The fraction of sp³-hybridized carbons (Fsp3) is 0.600. The van der Waals surface area contributed by atoms with E-state index in [0.29, 0.717) is 6.54 Å². The fourth-order valence-electron chi connectivity index (χ4n) is 1.56. The molecular formula is C10H17N3O4S. The van der Waals surface area contributed by atoms with Crippen LogP contribution in [0.3, 0.4) is 0 Å². The minimum Gasteiger partial charge on any atom is -0.478 e. The van der Waals surface area contributed by atoms with Gasteiger partial charge in [0.15, 0.2) is 5.03 Å². The molecule has 0 radical (unpaired) electrons. The minimum absolute atomic E-state index is 0.149. The van der Waals surface area contributed by atoms with E-state index in [1.807, 2.05) is 13.8 Å². The first kappa shape index (κ1) is 14.7. The van der Waals surface area contributed by atoms with Gasteiger partial charge in [-0.25, -0.2) is 13.2 Å². The average molecular weight is 275 g/mol. The number of hydrogen-bond donors (Lipinski definition) is 2. The van der Waals surface area contributed by atoms with Gasteiger partial charge in [-0.1, -0.05) is 20.8 Å². The summed E-state index contributed by atoms with van der Waals surface area (Å²) >= 11 is 0. The number of aromatic amines is 1. The first-order valence-electron chi connectivity index (χ1n) is 5.57. The minimum atomic E-state index is -3.84. The number of carboxylic acid groups (broad SMARTS) is 1. The molecule has 18 heavy (non-hydrogen) atoms. The second-order valence-corrected chi connectivity index (χ2v) is 6.14. The average Bonchev–Trinajstić information content (AvgIpc) is 2.74. The Morgan fingerprint density at radius 3 is 2.61 bits per heavy atom.